The Morgan fingerprint density at radius 1 is 1.21 bits per heavy atom. The lowest BCUT2D eigenvalue weighted by molar-refractivity contribution is -0.136. The quantitative estimate of drug-likeness (QED) is 0.788. The Labute approximate surface area is 172 Å². The third-order valence-electron chi connectivity index (χ3n) is 6.61. The van der Waals surface area contributed by atoms with Gasteiger partial charge in [0.2, 0.25) is 11.8 Å². The third kappa shape index (κ3) is 5.14. The molecule has 3 saturated heterocycles. The molecule has 0 bridgehead atoms. The average molecular weight is 402 g/mol. The molecule has 0 saturated carbocycles. The molecule has 7 nitrogen and oxygen atoms in total. The van der Waals surface area contributed by atoms with Crippen LogP contribution in [0.4, 0.5) is 0 Å². The Balaban J connectivity index is 1.19. The Hall–Kier alpha value is -1.99. The molecular weight excluding hydrogens is 370 g/mol. The monoisotopic (exact) mass is 401 g/mol. The second-order valence-corrected chi connectivity index (χ2v) is 8.62. The van der Waals surface area contributed by atoms with Crippen molar-refractivity contribution in [3.8, 4) is 0 Å². The summed E-state index contributed by atoms with van der Waals surface area (Å²) in [6.45, 7) is 4.07. The van der Waals surface area contributed by atoms with E-state index in [0.29, 0.717) is 25.5 Å². The lowest BCUT2D eigenvalue weighted by Gasteiger charge is -2.38. The maximum atomic E-state index is 12.5. The van der Waals surface area contributed by atoms with E-state index in [9.17, 15) is 9.59 Å². The number of ether oxygens (including phenoxy) is 2. The summed E-state index contributed by atoms with van der Waals surface area (Å²) in [5, 5.41) is 3.01. The van der Waals surface area contributed by atoms with Gasteiger partial charge in [-0.15, -0.1) is 0 Å². The van der Waals surface area contributed by atoms with Gasteiger partial charge in [0.25, 0.3) is 0 Å². The van der Waals surface area contributed by atoms with Crippen molar-refractivity contribution in [3.05, 3.63) is 30.1 Å². The summed E-state index contributed by atoms with van der Waals surface area (Å²) in [6.07, 6.45) is 8.46. The van der Waals surface area contributed by atoms with Crippen LogP contribution in [0, 0.1) is 11.8 Å². The van der Waals surface area contributed by atoms with Crippen molar-refractivity contribution in [2.75, 3.05) is 32.9 Å². The maximum Gasteiger partial charge on any atom is 0.225 e. The van der Waals surface area contributed by atoms with Crippen LogP contribution in [0.15, 0.2) is 24.5 Å². The van der Waals surface area contributed by atoms with E-state index in [2.05, 4.69) is 10.3 Å². The van der Waals surface area contributed by atoms with Crippen molar-refractivity contribution in [1.82, 2.24) is 15.2 Å². The molecule has 2 atom stereocenters. The zero-order valence-electron chi connectivity index (χ0n) is 17.0. The minimum atomic E-state index is -0.241. The number of carbonyl (C=O) groups is 2. The standard InChI is InChI=1S/C22H31N3O4/c26-20(2-1-18-5-12-28-15-18)25-10-6-22(7-11-25)13-19(16-29-22)21(27)24-14-17-3-8-23-9-4-17/h3-4,8-9,18-19H,1-2,5-7,10-16H2,(H,24,27). The van der Waals surface area contributed by atoms with E-state index in [-0.39, 0.29) is 23.3 Å². The molecular formula is C22H31N3O4. The first-order valence-electron chi connectivity index (χ1n) is 10.8. The Morgan fingerprint density at radius 3 is 2.72 bits per heavy atom. The average Bonchev–Trinajstić information content (AvgIpc) is 3.42. The highest BCUT2D eigenvalue weighted by atomic mass is 16.5. The van der Waals surface area contributed by atoms with Gasteiger partial charge in [-0.25, -0.2) is 0 Å². The zero-order valence-corrected chi connectivity index (χ0v) is 17.0. The van der Waals surface area contributed by atoms with Crippen molar-refractivity contribution in [2.45, 2.75) is 50.7 Å². The van der Waals surface area contributed by atoms with Gasteiger partial charge in [-0.2, -0.15) is 0 Å². The van der Waals surface area contributed by atoms with E-state index < -0.39 is 0 Å². The van der Waals surface area contributed by atoms with Gasteiger partial charge in [-0.05, 0) is 55.7 Å². The fraction of sp³-hybridized carbons (Fsp3) is 0.682. The summed E-state index contributed by atoms with van der Waals surface area (Å²) in [5.74, 6) is 0.730. The maximum absolute atomic E-state index is 12.5. The minimum absolute atomic E-state index is 0.0518. The van der Waals surface area contributed by atoms with E-state index in [1.54, 1.807) is 12.4 Å². The first-order valence-corrected chi connectivity index (χ1v) is 10.8. The first kappa shape index (κ1) is 20.3. The number of pyridine rings is 1. The van der Waals surface area contributed by atoms with E-state index in [0.717, 1.165) is 64.0 Å². The largest absolute Gasteiger partial charge is 0.381 e. The van der Waals surface area contributed by atoms with Gasteiger partial charge >= 0.3 is 0 Å². The number of likely N-dealkylation sites (tertiary alicyclic amines) is 1. The highest BCUT2D eigenvalue weighted by Crippen LogP contribution is 2.39. The molecule has 0 radical (unpaired) electrons. The number of amides is 2. The smallest absolute Gasteiger partial charge is 0.225 e. The summed E-state index contributed by atoms with van der Waals surface area (Å²) in [5.41, 5.74) is 0.798. The van der Waals surface area contributed by atoms with Crippen molar-refractivity contribution in [1.29, 1.82) is 0 Å². The molecule has 2 unspecified atom stereocenters. The van der Waals surface area contributed by atoms with Gasteiger partial charge in [0.1, 0.15) is 0 Å². The number of hydrogen-bond donors (Lipinski definition) is 1. The predicted molar refractivity (Wildman–Crippen MR) is 107 cm³/mol. The van der Waals surface area contributed by atoms with Crippen molar-refractivity contribution >= 4 is 11.8 Å². The van der Waals surface area contributed by atoms with Crippen molar-refractivity contribution < 1.29 is 19.1 Å². The Morgan fingerprint density at radius 2 is 2.00 bits per heavy atom. The van der Waals surface area contributed by atoms with Gasteiger partial charge < -0.3 is 19.7 Å². The summed E-state index contributed by atoms with van der Waals surface area (Å²) in [4.78, 5) is 31.0. The number of aromatic nitrogens is 1. The number of nitrogens with zero attached hydrogens (tertiary/aromatic N) is 2. The van der Waals surface area contributed by atoms with Gasteiger partial charge in [-0.1, -0.05) is 0 Å². The number of piperidine rings is 1. The van der Waals surface area contributed by atoms with Gasteiger partial charge in [0, 0.05) is 51.7 Å². The van der Waals surface area contributed by atoms with Crippen molar-refractivity contribution in [3.63, 3.8) is 0 Å². The molecule has 1 spiro atoms. The third-order valence-corrected chi connectivity index (χ3v) is 6.61. The zero-order chi connectivity index (χ0) is 20.1. The van der Waals surface area contributed by atoms with Crippen LogP contribution in [0.3, 0.4) is 0 Å². The van der Waals surface area contributed by atoms with E-state index in [4.69, 9.17) is 9.47 Å². The molecule has 3 aliphatic rings. The lowest BCUT2D eigenvalue weighted by atomic mass is 9.85. The fourth-order valence-electron chi connectivity index (χ4n) is 4.66. The number of nitrogens with one attached hydrogen (secondary N) is 1. The molecule has 1 aromatic heterocycles. The molecule has 0 aromatic carbocycles. The molecule has 2 amide bonds. The molecule has 158 valence electrons. The van der Waals surface area contributed by atoms with Crippen LogP contribution >= 0.6 is 0 Å². The van der Waals surface area contributed by atoms with Crippen molar-refractivity contribution in [2.24, 2.45) is 11.8 Å². The molecule has 0 aliphatic carbocycles. The molecule has 7 heteroatoms. The van der Waals surface area contributed by atoms with E-state index in [1.807, 2.05) is 17.0 Å². The second-order valence-electron chi connectivity index (χ2n) is 8.62. The van der Waals surface area contributed by atoms with Crippen LogP contribution in [0.5, 0.6) is 0 Å². The second kappa shape index (κ2) is 9.22. The summed E-state index contributed by atoms with van der Waals surface area (Å²) in [6, 6.07) is 3.80. The summed E-state index contributed by atoms with van der Waals surface area (Å²) >= 11 is 0. The van der Waals surface area contributed by atoms with Crippen LogP contribution < -0.4 is 5.32 Å². The number of hydrogen-bond acceptors (Lipinski definition) is 5. The highest BCUT2D eigenvalue weighted by Gasteiger charge is 2.45. The van der Waals surface area contributed by atoms with Crippen LogP contribution in [-0.2, 0) is 25.6 Å². The molecule has 3 aliphatic heterocycles. The summed E-state index contributed by atoms with van der Waals surface area (Å²) in [7, 11) is 0. The normalized spacial score (nSPS) is 26.0. The summed E-state index contributed by atoms with van der Waals surface area (Å²) < 4.78 is 11.5. The Bertz CT molecular complexity index is 697. The minimum Gasteiger partial charge on any atom is -0.381 e. The topological polar surface area (TPSA) is 80.8 Å². The molecule has 4 rings (SSSR count). The molecule has 1 aromatic rings. The van der Waals surface area contributed by atoms with Crippen LogP contribution in [0.1, 0.15) is 44.1 Å². The van der Waals surface area contributed by atoms with Gasteiger partial charge in [-0.3, -0.25) is 14.6 Å². The van der Waals surface area contributed by atoms with Gasteiger partial charge in [0.15, 0.2) is 0 Å². The SMILES string of the molecule is O=C(NCc1ccncc1)C1COC2(CCN(C(=O)CCC3CCOC3)CC2)C1. The van der Waals surface area contributed by atoms with Crippen LogP contribution in [0.2, 0.25) is 0 Å². The van der Waals surface area contributed by atoms with Crippen LogP contribution in [-0.4, -0.2) is 60.2 Å². The molecule has 29 heavy (non-hydrogen) atoms. The molecule has 1 N–H and O–H groups in total. The van der Waals surface area contributed by atoms with Crippen LogP contribution in [0.25, 0.3) is 0 Å². The molecule has 4 heterocycles. The van der Waals surface area contributed by atoms with E-state index in [1.165, 1.54) is 0 Å². The Kier molecular flexibility index (Phi) is 6.45. The predicted octanol–water partition coefficient (Wildman–Crippen LogP) is 1.91. The fourth-order valence-corrected chi connectivity index (χ4v) is 4.66. The highest BCUT2D eigenvalue weighted by molar-refractivity contribution is 5.79. The first-order chi connectivity index (χ1) is 14.1. The lowest BCUT2D eigenvalue weighted by Crippen LogP contribution is -2.46. The van der Waals surface area contributed by atoms with Gasteiger partial charge in [0.05, 0.1) is 18.1 Å². The number of carbonyl (C=O) groups excluding carboxylic acids is 2. The van der Waals surface area contributed by atoms with E-state index >= 15 is 0 Å². The molecule has 3 fully saturated rings. The number of rotatable bonds is 6.